The first-order valence-electron chi connectivity index (χ1n) is 2.50. The number of halogens is 2. The molecular weight excluding hydrogens is 173 g/mol. The average molecular weight is 184 g/mol. The molecule has 0 aliphatic rings. The molecule has 5 heteroatoms. The largest absolute Gasteiger partial charge is 0.372 e. The standard InChI is InChI=1S/C5H9N3.2ClH/c1-6-5-3-4-8(2)7-5;;/h3-4H,1-2H3,(H,6,7);2*1H. The molecule has 0 aliphatic heterocycles. The van der Waals surface area contributed by atoms with Crippen LogP contribution >= 0.6 is 24.8 Å². The third-order valence-electron chi connectivity index (χ3n) is 0.970. The van der Waals surface area contributed by atoms with Crippen LogP contribution in [0, 0.1) is 0 Å². The number of hydrogen-bond donors (Lipinski definition) is 1. The summed E-state index contributed by atoms with van der Waals surface area (Å²) < 4.78 is 1.76. The Labute approximate surface area is 72.6 Å². The molecule has 0 spiro atoms. The Bertz CT molecular complexity index is 175. The summed E-state index contributed by atoms with van der Waals surface area (Å²) in [5.41, 5.74) is 0. The predicted molar refractivity (Wildman–Crippen MR) is 47.3 cm³/mol. The van der Waals surface area contributed by atoms with E-state index in [0.29, 0.717) is 0 Å². The molecule has 1 heterocycles. The number of nitrogens with one attached hydrogen (secondary N) is 1. The van der Waals surface area contributed by atoms with Gasteiger partial charge in [0.1, 0.15) is 5.82 Å². The number of rotatable bonds is 1. The Hall–Kier alpha value is -0.410. The molecule has 0 amide bonds. The highest BCUT2D eigenvalue weighted by molar-refractivity contribution is 5.85. The van der Waals surface area contributed by atoms with Gasteiger partial charge in [-0.25, -0.2) is 0 Å². The third kappa shape index (κ3) is 2.94. The Morgan fingerprint density at radius 1 is 1.50 bits per heavy atom. The molecule has 0 fully saturated rings. The maximum absolute atomic E-state index is 4.03. The van der Waals surface area contributed by atoms with Gasteiger partial charge in [-0.1, -0.05) is 0 Å². The topological polar surface area (TPSA) is 29.9 Å². The van der Waals surface area contributed by atoms with Crippen LogP contribution < -0.4 is 5.32 Å². The Morgan fingerprint density at radius 3 is 2.30 bits per heavy atom. The quantitative estimate of drug-likeness (QED) is 0.712. The lowest BCUT2D eigenvalue weighted by molar-refractivity contribution is 0.770. The average Bonchev–Trinajstić information content (AvgIpc) is 2.14. The summed E-state index contributed by atoms with van der Waals surface area (Å²) in [4.78, 5) is 0. The minimum absolute atomic E-state index is 0. The first kappa shape index (κ1) is 12.3. The Morgan fingerprint density at radius 2 is 2.10 bits per heavy atom. The van der Waals surface area contributed by atoms with E-state index < -0.39 is 0 Å². The Kier molecular flexibility index (Phi) is 6.61. The van der Waals surface area contributed by atoms with Crippen LogP contribution in [0.1, 0.15) is 0 Å². The Balaban J connectivity index is 0. The van der Waals surface area contributed by atoms with E-state index in [9.17, 15) is 0 Å². The molecule has 60 valence electrons. The van der Waals surface area contributed by atoms with E-state index in [1.54, 1.807) is 4.68 Å². The van der Waals surface area contributed by atoms with Crippen molar-refractivity contribution in [3.8, 4) is 0 Å². The summed E-state index contributed by atoms with van der Waals surface area (Å²) in [7, 11) is 3.74. The fourth-order valence-electron chi connectivity index (χ4n) is 0.548. The highest BCUT2D eigenvalue weighted by Crippen LogP contribution is 1.96. The van der Waals surface area contributed by atoms with Crippen LogP contribution in [-0.4, -0.2) is 16.8 Å². The molecule has 0 aliphatic carbocycles. The first-order valence-corrected chi connectivity index (χ1v) is 2.50. The van der Waals surface area contributed by atoms with Crippen LogP contribution in [0.3, 0.4) is 0 Å². The minimum Gasteiger partial charge on any atom is -0.372 e. The molecule has 3 nitrogen and oxygen atoms in total. The van der Waals surface area contributed by atoms with Gasteiger partial charge in [0.25, 0.3) is 0 Å². The number of aryl methyl sites for hydroxylation is 1. The van der Waals surface area contributed by atoms with E-state index in [4.69, 9.17) is 0 Å². The van der Waals surface area contributed by atoms with Gasteiger partial charge in [-0.05, 0) is 0 Å². The van der Waals surface area contributed by atoms with E-state index in [1.807, 2.05) is 26.4 Å². The summed E-state index contributed by atoms with van der Waals surface area (Å²) >= 11 is 0. The van der Waals surface area contributed by atoms with Gasteiger partial charge >= 0.3 is 0 Å². The maximum Gasteiger partial charge on any atom is 0.147 e. The number of hydrogen-bond acceptors (Lipinski definition) is 2. The zero-order chi connectivity index (χ0) is 5.98. The lowest BCUT2D eigenvalue weighted by Gasteiger charge is -1.87. The smallest absolute Gasteiger partial charge is 0.147 e. The summed E-state index contributed by atoms with van der Waals surface area (Å²) in [6.07, 6.45) is 1.89. The molecule has 0 unspecified atom stereocenters. The first-order chi connectivity index (χ1) is 3.83. The van der Waals surface area contributed by atoms with Crippen molar-refractivity contribution in [3.63, 3.8) is 0 Å². The van der Waals surface area contributed by atoms with Crippen molar-refractivity contribution in [2.75, 3.05) is 12.4 Å². The summed E-state index contributed by atoms with van der Waals surface area (Å²) in [5.74, 6) is 0.910. The van der Waals surface area contributed by atoms with Crippen molar-refractivity contribution in [1.82, 2.24) is 9.78 Å². The molecule has 1 rings (SSSR count). The van der Waals surface area contributed by atoms with Crippen LogP contribution in [0.15, 0.2) is 12.3 Å². The fourth-order valence-corrected chi connectivity index (χ4v) is 0.548. The molecule has 10 heavy (non-hydrogen) atoms. The second kappa shape index (κ2) is 5.38. The van der Waals surface area contributed by atoms with Crippen LogP contribution in [0.5, 0.6) is 0 Å². The predicted octanol–water partition coefficient (Wildman–Crippen LogP) is 1.31. The van der Waals surface area contributed by atoms with Crippen molar-refractivity contribution in [3.05, 3.63) is 12.3 Å². The molecule has 0 bridgehead atoms. The molecule has 1 N–H and O–H groups in total. The van der Waals surface area contributed by atoms with Gasteiger partial charge in [0.05, 0.1) is 0 Å². The highest BCUT2D eigenvalue weighted by atomic mass is 35.5. The zero-order valence-corrected chi connectivity index (χ0v) is 7.50. The van der Waals surface area contributed by atoms with Crippen molar-refractivity contribution in [2.45, 2.75) is 0 Å². The van der Waals surface area contributed by atoms with E-state index in [-0.39, 0.29) is 24.8 Å². The van der Waals surface area contributed by atoms with E-state index in [2.05, 4.69) is 10.4 Å². The highest BCUT2D eigenvalue weighted by Gasteiger charge is 1.86. The molecule has 0 radical (unpaired) electrons. The second-order valence-electron chi connectivity index (χ2n) is 1.62. The number of nitrogens with zero attached hydrogens (tertiary/aromatic N) is 2. The van der Waals surface area contributed by atoms with Gasteiger partial charge < -0.3 is 5.32 Å². The van der Waals surface area contributed by atoms with Crippen LogP contribution in [0.25, 0.3) is 0 Å². The van der Waals surface area contributed by atoms with Crippen LogP contribution in [0.2, 0.25) is 0 Å². The lowest BCUT2D eigenvalue weighted by atomic mass is 10.6. The van der Waals surface area contributed by atoms with Crippen LogP contribution in [-0.2, 0) is 7.05 Å². The zero-order valence-electron chi connectivity index (χ0n) is 5.87. The summed E-state index contributed by atoms with van der Waals surface area (Å²) in [6, 6.07) is 1.92. The van der Waals surface area contributed by atoms with Crippen molar-refractivity contribution >= 4 is 30.6 Å². The van der Waals surface area contributed by atoms with Crippen molar-refractivity contribution in [1.29, 1.82) is 0 Å². The van der Waals surface area contributed by atoms with Gasteiger partial charge in [0.2, 0.25) is 0 Å². The second-order valence-corrected chi connectivity index (χ2v) is 1.62. The molecule has 1 aromatic rings. The third-order valence-corrected chi connectivity index (χ3v) is 0.970. The van der Waals surface area contributed by atoms with Gasteiger partial charge in [0.15, 0.2) is 0 Å². The molecule has 0 saturated heterocycles. The summed E-state index contributed by atoms with van der Waals surface area (Å²) in [5, 5.41) is 6.95. The molecule has 0 aromatic carbocycles. The van der Waals surface area contributed by atoms with Crippen molar-refractivity contribution in [2.24, 2.45) is 7.05 Å². The maximum atomic E-state index is 4.03. The minimum atomic E-state index is 0. The number of anilines is 1. The lowest BCUT2D eigenvalue weighted by Crippen LogP contribution is -1.91. The summed E-state index contributed by atoms with van der Waals surface area (Å²) in [6.45, 7) is 0. The molecule has 0 atom stereocenters. The SMILES string of the molecule is CNc1ccn(C)n1.Cl.Cl. The van der Waals surface area contributed by atoms with Gasteiger partial charge in [-0.2, -0.15) is 5.10 Å². The van der Waals surface area contributed by atoms with E-state index in [1.165, 1.54) is 0 Å². The van der Waals surface area contributed by atoms with Gasteiger partial charge in [-0.15, -0.1) is 24.8 Å². The molecular formula is C5H11Cl2N3. The van der Waals surface area contributed by atoms with E-state index in [0.717, 1.165) is 5.82 Å². The van der Waals surface area contributed by atoms with Gasteiger partial charge in [-0.3, -0.25) is 4.68 Å². The normalized spacial score (nSPS) is 7.40. The monoisotopic (exact) mass is 183 g/mol. The molecule has 0 saturated carbocycles. The van der Waals surface area contributed by atoms with Gasteiger partial charge in [0, 0.05) is 26.4 Å². The van der Waals surface area contributed by atoms with Crippen molar-refractivity contribution < 1.29 is 0 Å². The van der Waals surface area contributed by atoms with E-state index >= 15 is 0 Å². The number of aromatic nitrogens is 2. The fraction of sp³-hybridized carbons (Fsp3) is 0.400. The van der Waals surface area contributed by atoms with Crippen LogP contribution in [0.4, 0.5) is 5.82 Å². The molecule has 1 aromatic heterocycles.